The lowest BCUT2D eigenvalue weighted by Crippen LogP contribution is -2.46. The molecule has 0 bridgehead atoms. The van der Waals surface area contributed by atoms with Crippen LogP contribution in [0.15, 0.2) is 48.7 Å². The lowest BCUT2D eigenvalue weighted by molar-refractivity contribution is -0.128. The average Bonchev–Trinajstić information content (AvgIpc) is 2.88. The highest BCUT2D eigenvalue weighted by molar-refractivity contribution is 5.77. The number of morpholine rings is 1. The van der Waals surface area contributed by atoms with Crippen LogP contribution in [-0.4, -0.2) is 73.3 Å². The topological polar surface area (TPSA) is 106 Å². The van der Waals surface area contributed by atoms with Crippen LogP contribution in [-0.2, 0) is 16.0 Å². The minimum absolute atomic E-state index is 0.0453. The van der Waals surface area contributed by atoms with Gasteiger partial charge in [-0.1, -0.05) is 6.07 Å². The number of anilines is 2. The number of aryl methyl sites for hydroxylation is 1. The zero-order valence-electron chi connectivity index (χ0n) is 23.0. The number of carbonyl (C=O) groups excluding carboxylic acids is 1. The molecule has 3 N–H and O–H groups in total. The number of aromatic nitrogens is 2. The normalized spacial score (nSPS) is 13.9. The van der Waals surface area contributed by atoms with Gasteiger partial charge in [0.05, 0.1) is 25.5 Å². The Bertz CT molecular complexity index is 1250. The van der Waals surface area contributed by atoms with E-state index >= 15 is 0 Å². The van der Waals surface area contributed by atoms with Gasteiger partial charge in [-0.2, -0.15) is 0 Å². The second-order valence-electron chi connectivity index (χ2n) is 10.5. The fourth-order valence-electron chi connectivity index (χ4n) is 4.33. The average molecular weight is 519 g/mol. The van der Waals surface area contributed by atoms with Gasteiger partial charge in [0.1, 0.15) is 17.3 Å². The third-order valence-electron chi connectivity index (χ3n) is 6.45. The van der Waals surface area contributed by atoms with Crippen molar-refractivity contribution < 1.29 is 14.3 Å². The van der Waals surface area contributed by atoms with E-state index in [4.69, 9.17) is 25.2 Å². The zero-order valence-corrected chi connectivity index (χ0v) is 23.0. The number of nitrogen functional groups attached to an aromatic ring is 1. The molecule has 3 aromatic rings. The van der Waals surface area contributed by atoms with Gasteiger partial charge in [-0.3, -0.25) is 9.78 Å². The third-order valence-corrected chi connectivity index (χ3v) is 6.45. The van der Waals surface area contributed by atoms with Crippen LogP contribution < -0.4 is 20.7 Å². The van der Waals surface area contributed by atoms with Crippen LogP contribution in [0.25, 0.3) is 11.3 Å². The molecule has 0 atom stereocenters. The van der Waals surface area contributed by atoms with E-state index in [0.29, 0.717) is 36.9 Å². The van der Waals surface area contributed by atoms with E-state index in [9.17, 15) is 4.79 Å². The Morgan fingerprint density at radius 1 is 1.16 bits per heavy atom. The van der Waals surface area contributed by atoms with Crippen LogP contribution in [0.1, 0.15) is 25.1 Å². The number of nitrogens with two attached hydrogens (primary N) is 1. The summed E-state index contributed by atoms with van der Waals surface area (Å²) < 4.78 is 11.9. The molecule has 3 heterocycles. The minimum atomic E-state index is -0.262. The van der Waals surface area contributed by atoms with E-state index in [1.54, 1.807) is 19.0 Å². The van der Waals surface area contributed by atoms with E-state index in [1.165, 1.54) is 0 Å². The van der Waals surface area contributed by atoms with Gasteiger partial charge >= 0.3 is 0 Å². The molecule has 0 saturated carbocycles. The summed E-state index contributed by atoms with van der Waals surface area (Å²) in [4.78, 5) is 25.2. The molecule has 9 heteroatoms. The van der Waals surface area contributed by atoms with Crippen molar-refractivity contribution in [3.63, 3.8) is 0 Å². The standard InChI is InChI=1S/C29H38N6O3/c1-20-14-23(16-27(33-20)35-10-12-37-13-11-35)38-26-15-22(30)7-8-24(26)25-9-6-21(18-31-25)17-29(2,3)32-19-28(36)34(4)5/h6-9,14-16,18,32H,10-13,17,19,30H2,1-5H3. The predicted octanol–water partition coefficient (Wildman–Crippen LogP) is 3.66. The molecule has 1 aromatic carbocycles. The molecule has 38 heavy (non-hydrogen) atoms. The number of rotatable bonds is 9. The summed E-state index contributed by atoms with van der Waals surface area (Å²) >= 11 is 0. The number of pyridine rings is 2. The van der Waals surface area contributed by atoms with E-state index in [-0.39, 0.29) is 11.4 Å². The van der Waals surface area contributed by atoms with Gasteiger partial charge in [-0.05, 0) is 51.0 Å². The van der Waals surface area contributed by atoms with Gasteiger partial charge in [0.25, 0.3) is 0 Å². The summed E-state index contributed by atoms with van der Waals surface area (Å²) in [5.74, 6) is 2.25. The third kappa shape index (κ3) is 7.20. The first-order valence-corrected chi connectivity index (χ1v) is 12.9. The Hall–Kier alpha value is -3.69. The predicted molar refractivity (Wildman–Crippen MR) is 151 cm³/mol. The highest BCUT2D eigenvalue weighted by atomic mass is 16.5. The maximum atomic E-state index is 12.0. The smallest absolute Gasteiger partial charge is 0.236 e. The maximum absolute atomic E-state index is 12.0. The lowest BCUT2D eigenvalue weighted by Gasteiger charge is -2.28. The van der Waals surface area contributed by atoms with Crippen molar-refractivity contribution in [1.82, 2.24) is 20.2 Å². The number of benzene rings is 1. The van der Waals surface area contributed by atoms with Gasteiger partial charge in [-0.15, -0.1) is 0 Å². The van der Waals surface area contributed by atoms with Gasteiger partial charge in [0.15, 0.2) is 0 Å². The molecule has 1 aliphatic rings. The monoisotopic (exact) mass is 518 g/mol. The van der Waals surface area contributed by atoms with Crippen LogP contribution in [0.2, 0.25) is 0 Å². The number of nitrogens with zero attached hydrogens (tertiary/aromatic N) is 4. The quantitative estimate of drug-likeness (QED) is 0.414. The van der Waals surface area contributed by atoms with E-state index in [0.717, 1.165) is 47.8 Å². The fraction of sp³-hybridized carbons (Fsp3) is 0.414. The Kier molecular flexibility index (Phi) is 8.48. The van der Waals surface area contributed by atoms with Crippen molar-refractivity contribution in [2.75, 3.05) is 57.6 Å². The molecular formula is C29H38N6O3. The first kappa shape index (κ1) is 27.3. The molecule has 0 unspecified atom stereocenters. The van der Waals surface area contributed by atoms with Gasteiger partial charge in [0, 0.05) is 74.1 Å². The molecule has 1 fully saturated rings. The zero-order chi connectivity index (χ0) is 27.3. The minimum Gasteiger partial charge on any atom is -0.456 e. The SMILES string of the molecule is Cc1cc(Oc2cc(N)ccc2-c2ccc(CC(C)(C)NCC(=O)N(C)C)cn2)cc(N2CCOCC2)n1. The summed E-state index contributed by atoms with van der Waals surface area (Å²) in [5.41, 5.74) is 10.1. The maximum Gasteiger partial charge on any atom is 0.236 e. The van der Waals surface area contributed by atoms with Gasteiger partial charge in [0.2, 0.25) is 5.91 Å². The first-order chi connectivity index (χ1) is 18.1. The number of ether oxygens (including phenoxy) is 2. The van der Waals surface area contributed by atoms with Crippen LogP contribution >= 0.6 is 0 Å². The molecule has 1 aliphatic heterocycles. The van der Waals surface area contributed by atoms with Crippen LogP contribution in [0, 0.1) is 6.92 Å². The van der Waals surface area contributed by atoms with Crippen LogP contribution in [0.3, 0.4) is 0 Å². The van der Waals surface area contributed by atoms with E-state index in [2.05, 4.69) is 30.1 Å². The molecule has 4 rings (SSSR count). The Balaban J connectivity index is 1.52. The first-order valence-electron chi connectivity index (χ1n) is 12.9. The van der Waals surface area contributed by atoms with Crippen molar-refractivity contribution in [2.45, 2.75) is 32.7 Å². The molecule has 1 saturated heterocycles. The number of hydrogen-bond acceptors (Lipinski definition) is 8. The second-order valence-corrected chi connectivity index (χ2v) is 10.5. The highest BCUT2D eigenvalue weighted by Crippen LogP contribution is 2.35. The van der Waals surface area contributed by atoms with E-state index < -0.39 is 0 Å². The molecule has 1 amide bonds. The molecule has 202 valence electrons. The molecule has 0 spiro atoms. The summed E-state index contributed by atoms with van der Waals surface area (Å²) in [5, 5.41) is 3.34. The molecule has 2 aromatic heterocycles. The van der Waals surface area contributed by atoms with Crippen molar-refractivity contribution >= 4 is 17.4 Å². The molecule has 0 radical (unpaired) electrons. The van der Waals surface area contributed by atoms with Crippen LogP contribution in [0.4, 0.5) is 11.5 Å². The summed E-state index contributed by atoms with van der Waals surface area (Å²) in [6, 6.07) is 13.5. The summed E-state index contributed by atoms with van der Waals surface area (Å²) in [7, 11) is 3.52. The number of amides is 1. The van der Waals surface area contributed by atoms with Crippen molar-refractivity contribution in [3.05, 3.63) is 59.9 Å². The number of hydrogen-bond donors (Lipinski definition) is 2. The van der Waals surface area contributed by atoms with Crippen LogP contribution in [0.5, 0.6) is 11.5 Å². The summed E-state index contributed by atoms with van der Waals surface area (Å²) in [6.07, 6.45) is 2.60. The largest absolute Gasteiger partial charge is 0.456 e. The summed E-state index contributed by atoms with van der Waals surface area (Å²) in [6.45, 7) is 9.39. The number of carbonyl (C=O) groups is 1. The number of likely N-dealkylation sites (N-methyl/N-ethyl adjacent to an activating group) is 1. The van der Waals surface area contributed by atoms with Crippen molar-refractivity contribution in [2.24, 2.45) is 0 Å². The van der Waals surface area contributed by atoms with Gasteiger partial charge in [-0.25, -0.2) is 4.98 Å². The Morgan fingerprint density at radius 3 is 2.61 bits per heavy atom. The Morgan fingerprint density at radius 2 is 1.92 bits per heavy atom. The van der Waals surface area contributed by atoms with Gasteiger partial charge < -0.3 is 30.3 Å². The lowest BCUT2D eigenvalue weighted by atomic mass is 9.95. The molecule has 9 nitrogen and oxygen atoms in total. The Labute approximate surface area is 225 Å². The second kappa shape index (κ2) is 11.8. The molecule has 0 aliphatic carbocycles. The van der Waals surface area contributed by atoms with Crippen molar-refractivity contribution in [3.8, 4) is 22.8 Å². The van der Waals surface area contributed by atoms with Crippen molar-refractivity contribution in [1.29, 1.82) is 0 Å². The number of nitrogens with one attached hydrogen (secondary N) is 1. The van der Waals surface area contributed by atoms with E-state index in [1.807, 2.05) is 49.5 Å². The highest BCUT2D eigenvalue weighted by Gasteiger charge is 2.20. The fourth-order valence-corrected chi connectivity index (χ4v) is 4.33. The molecular weight excluding hydrogens is 480 g/mol.